The molecule has 4 nitrogen and oxygen atoms in total. The van der Waals surface area contributed by atoms with Crippen molar-refractivity contribution in [3.05, 3.63) is 57.8 Å². The summed E-state index contributed by atoms with van der Waals surface area (Å²) in [5, 5.41) is 5.28. The lowest BCUT2D eigenvalue weighted by Crippen LogP contribution is -2.38. The van der Waals surface area contributed by atoms with Gasteiger partial charge in [-0.25, -0.2) is 0 Å². The Hall–Kier alpha value is -1.69. The van der Waals surface area contributed by atoms with Gasteiger partial charge in [-0.3, -0.25) is 4.79 Å². The molecule has 0 saturated carbocycles. The smallest absolute Gasteiger partial charge is 0.249 e. The highest BCUT2D eigenvalue weighted by Gasteiger charge is 2.31. The van der Waals surface area contributed by atoms with Crippen LogP contribution in [0.4, 0.5) is 0 Å². The number of thiophene rings is 1. The van der Waals surface area contributed by atoms with Gasteiger partial charge < -0.3 is 15.8 Å². The van der Waals surface area contributed by atoms with Crippen LogP contribution in [0, 0.1) is 6.92 Å². The zero-order valence-corrected chi connectivity index (χ0v) is 14.7. The van der Waals surface area contributed by atoms with Crippen LogP contribution in [-0.4, -0.2) is 24.7 Å². The number of amides is 1. The molecule has 1 aliphatic heterocycles. The zero-order valence-electron chi connectivity index (χ0n) is 13.9. The summed E-state index contributed by atoms with van der Waals surface area (Å²) in [5.74, 6) is -0.0281. The van der Waals surface area contributed by atoms with Gasteiger partial charge in [0.15, 0.2) is 0 Å². The fourth-order valence-corrected chi connectivity index (χ4v) is 4.12. The minimum atomic E-state index is -0.378. The Morgan fingerprint density at radius 2 is 2.12 bits per heavy atom. The van der Waals surface area contributed by atoms with Crippen LogP contribution < -0.4 is 11.1 Å². The maximum absolute atomic E-state index is 12.6. The molecule has 1 saturated heterocycles. The molecule has 3 atom stereocenters. The number of aryl methyl sites for hydroxylation is 1. The highest BCUT2D eigenvalue weighted by atomic mass is 32.1. The summed E-state index contributed by atoms with van der Waals surface area (Å²) in [5.41, 5.74) is 8.07. The molecule has 0 spiro atoms. The molecule has 0 radical (unpaired) electrons. The number of benzene rings is 1. The van der Waals surface area contributed by atoms with E-state index in [-0.39, 0.29) is 24.2 Å². The minimum Gasteiger partial charge on any atom is -0.364 e. The summed E-state index contributed by atoms with van der Waals surface area (Å²) >= 11 is 1.69. The second kappa shape index (κ2) is 7.92. The van der Waals surface area contributed by atoms with E-state index in [2.05, 4.69) is 35.8 Å². The van der Waals surface area contributed by atoms with Gasteiger partial charge in [-0.15, -0.1) is 11.3 Å². The van der Waals surface area contributed by atoms with Gasteiger partial charge >= 0.3 is 0 Å². The average molecular weight is 344 g/mol. The molecule has 24 heavy (non-hydrogen) atoms. The number of carbonyl (C=O) groups is 1. The maximum Gasteiger partial charge on any atom is 0.249 e. The van der Waals surface area contributed by atoms with Gasteiger partial charge in [-0.1, -0.05) is 30.3 Å². The van der Waals surface area contributed by atoms with Crippen molar-refractivity contribution in [2.75, 3.05) is 6.54 Å². The molecule has 1 fully saturated rings. The molecule has 1 unspecified atom stereocenters. The second-order valence-corrected chi connectivity index (χ2v) is 7.23. The normalized spacial score (nSPS) is 21.6. The second-order valence-electron chi connectivity index (χ2n) is 6.28. The summed E-state index contributed by atoms with van der Waals surface area (Å²) in [4.78, 5) is 13.9. The van der Waals surface area contributed by atoms with E-state index in [4.69, 9.17) is 10.5 Å². The number of carbonyl (C=O) groups excluding carboxylic acids is 1. The minimum absolute atomic E-state index is 0.0109. The van der Waals surface area contributed by atoms with Crippen LogP contribution in [0.1, 0.15) is 34.9 Å². The molecule has 0 aliphatic carbocycles. The Balaban J connectivity index is 1.73. The third-order valence-electron chi connectivity index (χ3n) is 4.48. The molecule has 3 rings (SSSR count). The fraction of sp³-hybridized carbons (Fsp3) is 0.421. The first kappa shape index (κ1) is 17.1. The van der Waals surface area contributed by atoms with Crippen molar-refractivity contribution in [1.82, 2.24) is 5.32 Å². The van der Waals surface area contributed by atoms with Crippen LogP contribution in [0.2, 0.25) is 0 Å². The maximum atomic E-state index is 12.6. The van der Waals surface area contributed by atoms with Gasteiger partial charge in [0.05, 0.1) is 12.1 Å². The van der Waals surface area contributed by atoms with Crippen molar-refractivity contribution in [2.45, 2.75) is 44.4 Å². The Kier molecular flexibility index (Phi) is 5.66. The van der Waals surface area contributed by atoms with E-state index < -0.39 is 0 Å². The zero-order chi connectivity index (χ0) is 16.9. The molecule has 1 aromatic carbocycles. The van der Waals surface area contributed by atoms with Crippen molar-refractivity contribution in [1.29, 1.82) is 0 Å². The van der Waals surface area contributed by atoms with E-state index in [1.165, 1.54) is 16.0 Å². The average Bonchev–Trinajstić information content (AvgIpc) is 3.24. The van der Waals surface area contributed by atoms with Crippen molar-refractivity contribution in [3.63, 3.8) is 0 Å². The largest absolute Gasteiger partial charge is 0.364 e. The number of ether oxygens (including phenoxy) is 1. The molecular weight excluding hydrogens is 320 g/mol. The third-order valence-corrected chi connectivity index (χ3v) is 5.61. The molecule has 2 aromatic rings. The SMILES string of the molecule is Cc1ccsc1C(Cc1ccccc1)NC(=O)[C@@H]1CC[C@H](CN)O1. The van der Waals surface area contributed by atoms with Crippen LogP contribution in [0.25, 0.3) is 0 Å². The first-order valence-corrected chi connectivity index (χ1v) is 9.29. The summed E-state index contributed by atoms with van der Waals surface area (Å²) in [6, 6.07) is 12.3. The van der Waals surface area contributed by atoms with Crippen LogP contribution in [0.3, 0.4) is 0 Å². The van der Waals surface area contributed by atoms with Crippen LogP contribution in [0.15, 0.2) is 41.8 Å². The summed E-state index contributed by atoms with van der Waals surface area (Å²) in [6.07, 6.45) is 2.01. The van der Waals surface area contributed by atoms with Crippen LogP contribution in [0.5, 0.6) is 0 Å². The lowest BCUT2D eigenvalue weighted by atomic mass is 10.0. The Bertz CT molecular complexity index is 671. The molecule has 3 N–H and O–H groups in total. The highest BCUT2D eigenvalue weighted by Crippen LogP contribution is 2.28. The monoisotopic (exact) mass is 344 g/mol. The van der Waals surface area contributed by atoms with Gasteiger partial charge in [-0.05, 0) is 48.8 Å². The predicted molar refractivity (Wildman–Crippen MR) is 97.0 cm³/mol. The fourth-order valence-electron chi connectivity index (χ4n) is 3.14. The highest BCUT2D eigenvalue weighted by molar-refractivity contribution is 7.10. The molecule has 2 heterocycles. The molecule has 5 heteroatoms. The molecular formula is C19H24N2O2S. The van der Waals surface area contributed by atoms with Gasteiger partial charge in [-0.2, -0.15) is 0 Å². The number of nitrogens with two attached hydrogens (primary N) is 1. The topological polar surface area (TPSA) is 64.4 Å². The number of rotatable bonds is 6. The van der Waals surface area contributed by atoms with E-state index in [1.54, 1.807) is 11.3 Å². The number of hydrogen-bond acceptors (Lipinski definition) is 4. The van der Waals surface area contributed by atoms with Crippen molar-refractivity contribution >= 4 is 17.2 Å². The van der Waals surface area contributed by atoms with E-state index in [9.17, 15) is 4.79 Å². The van der Waals surface area contributed by atoms with Crippen molar-refractivity contribution in [2.24, 2.45) is 5.73 Å². The number of hydrogen-bond donors (Lipinski definition) is 2. The third kappa shape index (κ3) is 4.04. The van der Waals surface area contributed by atoms with Gasteiger partial charge in [0.25, 0.3) is 0 Å². The molecule has 1 amide bonds. The lowest BCUT2D eigenvalue weighted by Gasteiger charge is -2.21. The molecule has 0 bridgehead atoms. The molecule has 1 aromatic heterocycles. The number of nitrogens with one attached hydrogen (secondary N) is 1. The Morgan fingerprint density at radius 3 is 2.75 bits per heavy atom. The summed E-state index contributed by atoms with van der Waals surface area (Å²) < 4.78 is 5.74. The molecule has 1 aliphatic rings. The van der Waals surface area contributed by atoms with Gasteiger partial charge in [0.1, 0.15) is 6.10 Å². The molecule has 128 valence electrons. The quantitative estimate of drug-likeness (QED) is 0.847. The van der Waals surface area contributed by atoms with Gasteiger partial charge in [0.2, 0.25) is 5.91 Å². The first-order chi connectivity index (χ1) is 11.7. The summed E-state index contributed by atoms with van der Waals surface area (Å²) in [7, 11) is 0. The Labute approximate surface area is 147 Å². The van der Waals surface area contributed by atoms with E-state index >= 15 is 0 Å². The Morgan fingerprint density at radius 1 is 1.33 bits per heavy atom. The van der Waals surface area contributed by atoms with E-state index in [0.29, 0.717) is 6.54 Å². The van der Waals surface area contributed by atoms with Crippen molar-refractivity contribution < 1.29 is 9.53 Å². The van der Waals surface area contributed by atoms with Crippen molar-refractivity contribution in [3.8, 4) is 0 Å². The van der Waals surface area contributed by atoms with Gasteiger partial charge in [0, 0.05) is 11.4 Å². The van der Waals surface area contributed by atoms with E-state index in [0.717, 1.165) is 19.3 Å². The van der Waals surface area contributed by atoms with Crippen LogP contribution >= 0.6 is 11.3 Å². The standard InChI is InChI=1S/C19H24N2O2S/c1-13-9-10-24-18(13)16(11-14-5-3-2-4-6-14)21-19(22)17-8-7-15(12-20)23-17/h2-6,9-10,15-17H,7-8,11-12,20H2,1H3,(H,21,22)/t15-,16?,17+/m1/s1. The lowest BCUT2D eigenvalue weighted by molar-refractivity contribution is -0.132. The van der Waals surface area contributed by atoms with E-state index in [1.807, 2.05) is 18.2 Å². The van der Waals surface area contributed by atoms with Crippen LogP contribution in [-0.2, 0) is 16.0 Å². The first-order valence-electron chi connectivity index (χ1n) is 8.41. The summed E-state index contributed by atoms with van der Waals surface area (Å²) in [6.45, 7) is 2.56. The predicted octanol–water partition coefficient (Wildman–Crippen LogP) is 2.96.